The molecule has 1 unspecified atom stereocenters. The topological polar surface area (TPSA) is 43.4 Å². The van der Waals surface area contributed by atoms with Gasteiger partial charge in [0.2, 0.25) is 0 Å². The second-order valence-corrected chi connectivity index (χ2v) is 7.91. The molecule has 2 aliphatic carbocycles. The van der Waals surface area contributed by atoms with Gasteiger partial charge in [0.15, 0.2) is 5.78 Å². The smallest absolute Gasteiger partial charge is 0.317 e. The van der Waals surface area contributed by atoms with Gasteiger partial charge in [0, 0.05) is 5.56 Å². The SMILES string of the molecule is CC(C)[C@@H]1CC[C@@H](C)C[C@H]1OC(=O)C1CCc2ccccc2C1=O. The molecular weight excluding hydrogens is 300 g/mol. The summed E-state index contributed by atoms with van der Waals surface area (Å²) in [6.07, 6.45) is 4.54. The summed E-state index contributed by atoms with van der Waals surface area (Å²) in [5.74, 6) is 0.505. The lowest BCUT2D eigenvalue weighted by atomic mass is 9.75. The third-order valence-electron chi connectivity index (χ3n) is 5.82. The largest absolute Gasteiger partial charge is 0.462 e. The molecule has 0 N–H and O–H groups in total. The van der Waals surface area contributed by atoms with E-state index in [9.17, 15) is 9.59 Å². The van der Waals surface area contributed by atoms with Gasteiger partial charge in [0.25, 0.3) is 0 Å². The van der Waals surface area contributed by atoms with Crippen LogP contribution >= 0.6 is 0 Å². The van der Waals surface area contributed by atoms with Gasteiger partial charge in [-0.25, -0.2) is 0 Å². The van der Waals surface area contributed by atoms with Crippen molar-refractivity contribution in [1.82, 2.24) is 0 Å². The average Bonchev–Trinajstić information content (AvgIpc) is 2.55. The molecule has 1 aromatic rings. The average molecular weight is 328 g/mol. The van der Waals surface area contributed by atoms with Gasteiger partial charge in [-0.05, 0) is 49.0 Å². The summed E-state index contributed by atoms with van der Waals surface area (Å²) < 4.78 is 5.90. The summed E-state index contributed by atoms with van der Waals surface area (Å²) in [5.41, 5.74) is 1.75. The number of rotatable bonds is 3. The lowest BCUT2D eigenvalue weighted by molar-refractivity contribution is -0.159. The van der Waals surface area contributed by atoms with Crippen LogP contribution in [0.5, 0.6) is 0 Å². The van der Waals surface area contributed by atoms with Crippen molar-refractivity contribution in [2.75, 3.05) is 0 Å². The molecule has 0 amide bonds. The van der Waals surface area contributed by atoms with Crippen LogP contribution in [0.2, 0.25) is 0 Å². The Labute approximate surface area is 144 Å². The number of hydrogen-bond acceptors (Lipinski definition) is 3. The molecule has 1 fully saturated rings. The minimum atomic E-state index is -0.620. The van der Waals surface area contributed by atoms with E-state index in [1.54, 1.807) is 0 Å². The Hall–Kier alpha value is -1.64. The third kappa shape index (κ3) is 3.40. The summed E-state index contributed by atoms with van der Waals surface area (Å²) in [5, 5.41) is 0. The Morgan fingerprint density at radius 3 is 2.67 bits per heavy atom. The molecule has 1 saturated carbocycles. The van der Waals surface area contributed by atoms with Crippen LogP contribution in [0.1, 0.15) is 62.4 Å². The predicted molar refractivity (Wildman–Crippen MR) is 93.8 cm³/mol. The third-order valence-corrected chi connectivity index (χ3v) is 5.82. The van der Waals surface area contributed by atoms with Crippen LogP contribution in [0, 0.1) is 23.7 Å². The number of ketones is 1. The fourth-order valence-electron chi connectivity index (χ4n) is 4.30. The summed E-state index contributed by atoms with van der Waals surface area (Å²) in [6.45, 7) is 6.62. The van der Waals surface area contributed by atoms with E-state index in [1.165, 1.54) is 6.42 Å². The quantitative estimate of drug-likeness (QED) is 0.609. The first-order valence-corrected chi connectivity index (χ1v) is 9.30. The maximum Gasteiger partial charge on any atom is 0.317 e. The van der Waals surface area contributed by atoms with Crippen molar-refractivity contribution >= 4 is 11.8 Å². The number of carbonyl (C=O) groups excluding carboxylic acids is 2. The van der Waals surface area contributed by atoms with Crippen LogP contribution < -0.4 is 0 Å². The van der Waals surface area contributed by atoms with Crippen LogP contribution in [-0.2, 0) is 16.0 Å². The van der Waals surface area contributed by atoms with Gasteiger partial charge in [0.1, 0.15) is 12.0 Å². The van der Waals surface area contributed by atoms with Crippen molar-refractivity contribution in [1.29, 1.82) is 0 Å². The molecule has 0 radical (unpaired) electrons. The Balaban J connectivity index is 1.71. The number of benzene rings is 1. The fraction of sp³-hybridized carbons (Fsp3) is 0.619. The van der Waals surface area contributed by atoms with Crippen molar-refractivity contribution in [2.24, 2.45) is 23.7 Å². The lowest BCUT2D eigenvalue weighted by Gasteiger charge is -2.37. The molecule has 3 heteroatoms. The minimum absolute atomic E-state index is 0.0359. The standard InChI is InChI=1S/C21H28O3/c1-13(2)16-10-8-14(3)12-19(16)24-21(23)18-11-9-15-6-4-5-7-17(15)20(18)22/h4-7,13-14,16,18-19H,8-12H2,1-3H3/t14-,16+,18?,19-/m1/s1. The predicted octanol–water partition coefficient (Wildman–Crippen LogP) is 4.44. The van der Waals surface area contributed by atoms with E-state index in [0.29, 0.717) is 29.7 Å². The molecule has 0 aliphatic heterocycles. The molecule has 4 atom stereocenters. The zero-order valence-corrected chi connectivity index (χ0v) is 15.0. The molecule has 0 bridgehead atoms. The number of aryl methyl sites for hydroxylation is 1. The molecule has 0 heterocycles. The minimum Gasteiger partial charge on any atom is -0.462 e. The van der Waals surface area contributed by atoms with Crippen molar-refractivity contribution in [3.8, 4) is 0 Å². The van der Waals surface area contributed by atoms with Crippen molar-refractivity contribution in [2.45, 2.75) is 59.0 Å². The van der Waals surface area contributed by atoms with Crippen LogP contribution in [-0.4, -0.2) is 17.9 Å². The second kappa shape index (κ2) is 7.08. The highest BCUT2D eigenvalue weighted by Gasteiger charge is 2.38. The zero-order chi connectivity index (χ0) is 17.3. The van der Waals surface area contributed by atoms with Gasteiger partial charge in [-0.15, -0.1) is 0 Å². The number of hydrogen-bond donors (Lipinski definition) is 0. The summed E-state index contributed by atoms with van der Waals surface area (Å²) in [6, 6.07) is 7.62. The monoisotopic (exact) mass is 328 g/mol. The van der Waals surface area contributed by atoms with Gasteiger partial charge < -0.3 is 4.74 Å². The first-order valence-electron chi connectivity index (χ1n) is 9.30. The molecule has 24 heavy (non-hydrogen) atoms. The van der Waals surface area contributed by atoms with Crippen LogP contribution in [0.25, 0.3) is 0 Å². The van der Waals surface area contributed by atoms with Crippen LogP contribution in [0.3, 0.4) is 0 Å². The highest BCUT2D eigenvalue weighted by Crippen LogP contribution is 2.36. The fourth-order valence-corrected chi connectivity index (χ4v) is 4.30. The highest BCUT2D eigenvalue weighted by atomic mass is 16.5. The van der Waals surface area contributed by atoms with E-state index in [1.807, 2.05) is 24.3 Å². The second-order valence-electron chi connectivity index (χ2n) is 7.91. The van der Waals surface area contributed by atoms with E-state index in [2.05, 4.69) is 20.8 Å². The Morgan fingerprint density at radius 2 is 1.92 bits per heavy atom. The number of carbonyl (C=O) groups is 2. The van der Waals surface area contributed by atoms with Crippen LogP contribution in [0.4, 0.5) is 0 Å². The van der Waals surface area contributed by atoms with Crippen LogP contribution in [0.15, 0.2) is 24.3 Å². The molecule has 0 spiro atoms. The molecule has 3 rings (SSSR count). The van der Waals surface area contributed by atoms with Crippen molar-refractivity contribution < 1.29 is 14.3 Å². The molecule has 1 aromatic carbocycles. The Bertz CT molecular complexity index is 619. The van der Waals surface area contributed by atoms with E-state index in [-0.39, 0.29) is 17.9 Å². The molecule has 2 aliphatic rings. The molecule has 0 aromatic heterocycles. The van der Waals surface area contributed by atoms with Crippen molar-refractivity contribution in [3.63, 3.8) is 0 Å². The van der Waals surface area contributed by atoms with Gasteiger partial charge in [-0.2, -0.15) is 0 Å². The number of fused-ring (bicyclic) bond motifs is 1. The number of esters is 1. The Kier molecular flexibility index (Phi) is 5.07. The molecule has 3 nitrogen and oxygen atoms in total. The summed E-state index contributed by atoms with van der Waals surface area (Å²) in [4.78, 5) is 25.4. The van der Waals surface area contributed by atoms with E-state index >= 15 is 0 Å². The summed E-state index contributed by atoms with van der Waals surface area (Å²) in [7, 11) is 0. The molecule has 130 valence electrons. The highest BCUT2D eigenvalue weighted by molar-refractivity contribution is 6.10. The number of Topliss-reactive ketones (excluding diaryl/α,β-unsaturated/α-hetero) is 1. The molecule has 0 saturated heterocycles. The maximum atomic E-state index is 12.7. The van der Waals surface area contributed by atoms with Crippen molar-refractivity contribution in [3.05, 3.63) is 35.4 Å². The molecular formula is C21H28O3. The maximum absolute atomic E-state index is 12.7. The van der Waals surface area contributed by atoms with Gasteiger partial charge in [-0.3, -0.25) is 9.59 Å². The number of ether oxygens (including phenoxy) is 1. The van der Waals surface area contributed by atoms with E-state index in [4.69, 9.17) is 4.74 Å². The summed E-state index contributed by atoms with van der Waals surface area (Å²) >= 11 is 0. The van der Waals surface area contributed by atoms with Gasteiger partial charge in [0.05, 0.1) is 0 Å². The zero-order valence-electron chi connectivity index (χ0n) is 15.0. The van der Waals surface area contributed by atoms with E-state index in [0.717, 1.165) is 24.8 Å². The van der Waals surface area contributed by atoms with E-state index < -0.39 is 5.92 Å². The lowest BCUT2D eigenvalue weighted by Crippen LogP contribution is -2.39. The first-order chi connectivity index (χ1) is 11.5. The Morgan fingerprint density at radius 1 is 1.17 bits per heavy atom. The van der Waals surface area contributed by atoms with Gasteiger partial charge >= 0.3 is 5.97 Å². The first kappa shape index (κ1) is 17.2. The normalized spacial score (nSPS) is 30.1. The van der Waals surface area contributed by atoms with Gasteiger partial charge in [-0.1, -0.05) is 51.5 Å².